The predicted octanol–water partition coefficient (Wildman–Crippen LogP) is 2.10. The van der Waals surface area contributed by atoms with E-state index in [2.05, 4.69) is 0 Å². The van der Waals surface area contributed by atoms with E-state index in [-0.39, 0.29) is 0 Å². The standard InChI is InChI=1S/C13H15F5N2O3/c14-8-1-2-11(10(15)5-8)19-12(23)20(6-9(22)7-21)4-3-13(16,17)18/h1-2,5,9,21-22H,3-4,6-7H2,(H,19,23)/t9-/m0/s1. The lowest BCUT2D eigenvalue weighted by molar-refractivity contribution is -0.137. The van der Waals surface area contributed by atoms with E-state index in [4.69, 9.17) is 5.11 Å². The van der Waals surface area contributed by atoms with Gasteiger partial charge in [-0.05, 0) is 12.1 Å². The maximum atomic E-state index is 13.4. The molecular weight excluding hydrogens is 327 g/mol. The Bertz CT molecular complexity index is 539. The minimum atomic E-state index is -4.54. The van der Waals surface area contributed by atoms with Crippen molar-refractivity contribution in [2.45, 2.75) is 18.7 Å². The highest BCUT2D eigenvalue weighted by atomic mass is 19.4. The van der Waals surface area contributed by atoms with Crippen LogP contribution in [0.3, 0.4) is 0 Å². The highest BCUT2D eigenvalue weighted by Gasteiger charge is 2.30. The van der Waals surface area contributed by atoms with Crippen LogP contribution < -0.4 is 5.32 Å². The van der Waals surface area contributed by atoms with E-state index < -0.39 is 61.8 Å². The summed E-state index contributed by atoms with van der Waals surface area (Å²) in [5.41, 5.74) is -0.424. The Hall–Kier alpha value is -1.94. The Labute approximate surface area is 128 Å². The van der Waals surface area contributed by atoms with Gasteiger partial charge in [-0.2, -0.15) is 13.2 Å². The van der Waals surface area contributed by atoms with E-state index in [1.54, 1.807) is 0 Å². The number of alkyl halides is 3. The lowest BCUT2D eigenvalue weighted by Crippen LogP contribution is -2.43. The number of anilines is 1. The van der Waals surface area contributed by atoms with Crippen LogP contribution in [0.25, 0.3) is 0 Å². The third-order valence-electron chi connectivity index (χ3n) is 2.77. The van der Waals surface area contributed by atoms with E-state index in [9.17, 15) is 31.9 Å². The fourth-order valence-corrected chi connectivity index (χ4v) is 1.63. The molecule has 130 valence electrons. The molecule has 0 unspecified atom stereocenters. The van der Waals surface area contributed by atoms with Crippen molar-refractivity contribution in [3.05, 3.63) is 29.8 Å². The van der Waals surface area contributed by atoms with Gasteiger partial charge in [-0.15, -0.1) is 0 Å². The van der Waals surface area contributed by atoms with Crippen LogP contribution in [0.2, 0.25) is 0 Å². The Morgan fingerprint density at radius 3 is 2.48 bits per heavy atom. The number of urea groups is 1. The van der Waals surface area contributed by atoms with Gasteiger partial charge >= 0.3 is 12.2 Å². The van der Waals surface area contributed by atoms with Gasteiger partial charge < -0.3 is 20.4 Å². The van der Waals surface area contributed by atoms with E-state index in [1.807, 2.05) is 5.32 Å². The summed E-state index contributed by atoms with van der Waals surface area (Å²) >= 11 is 0. The van der Waals surface area contributed by atoms with Crippen LogP contribution in [0.15, 0.2) is 18.2 Å². The molecule has 0 aliphatic heterocycles. The van der Waals surface area contributed by atoms with Gasteiger partial charge in [0, 0.05) is 12.6 Å². The van der Waals surface area contributed by atoms with Gasteiger partial charge in [0.15, 0.2) is 0 Å². The number of rotatable bonds is 6. The topological polar surface area (TPSA) is 72.8 Å². The van der Waals surface area contributed by atoms with Gasteiger partial charge in [-0.1, -0.05) is 0 Å². The Morgan fingerprint density at radius 2 is 1.96 bits per heavy atom. The smallest absolute Gasteiger partial charge is 0.390 e. The molecule has 0 aliphatic carbocycles. The second-order valence-corrected chi connectivity index (χ2v) is 4.70. The first-order valence-corrected chi connectivity index (χ1v) is 6.49. The number of nitrogens with zero attached hydrogens (tertiary/aromatic N) is 1. The molecule has 0 radical (unpaired) electrons. The van der Waals surface area contributed by atoms with Crippen LogP contribution in [0.1, 0.15) is 6.42 Å². The summed E-state index contributed by atoms with van der Waals surface area (Å²) in [5, 5.41) is 20.0. The minimum absolute atomic E-state index is 0.424. The molecule has 0 saturated carbocycles. The molecule has 23 heavy (non-hydrogen) atoms. The average molecular weight is 342 g/mol. The van der Waals surface area contributed by atoms with Crippen LogP contribution in [-0.4, -0.2) is 53.1 Å². The van der Waals surface area contributed by atoms with Crippen LogP contribution in [-0.2, 0) is 0 Å². The fraction of sp³-hybridized carbons (Fsp3) is 0.462. The summed E-state index contributed by atoms with van der Waals surface area (Å²) in [6.45, 7) is -2.14. The predicted molar refractivity (Wildman–Crippen MR) is 70.7 cm³/mol. The zero-order chi connectivity index (χ0) is 17.6. The van der Waals surface area contributed by atoms with Crippen LogP contribution in [0, 0.1) is 11.6 Å². The largest absolute Gasteiger partial charge is 0.394 e. The number of halogens is 5. The third-order valence-corrected chi connectivity index (χ3v) is 2.77. The summed E-state index contributed by atoms with van der Waals surface area (Å²) in [7, 11) is 0. The van der Waals surface area contributed by atoms with E-state index in [0.29, 0.717) is 11.0 Å². The molecule has 0 aliphatic rings. The normalized spacial score (nSPS) is 12.8. The number of hydrogen-bond acceptors (Lipinski definition) is 3. The number of hydrogen-bond donors (Lipinski definition) is 3. The van der Waals surface area contributed by atoms with Gasteiger partial charge in [0.05, 0.1) is 31.4 Å². The number of aliphatic hydroxyl groups is 2. The lowest BCUT2D eigenvalue weighted by Gasteiger charge is -2.25. The van der Waals surface area contributed by atoms with Crippen molar-refractivity contribution in [1.29, 1.82) is 0 Å². The third kappa shape index (κ3) is 6.78. The summed E-state index contributed by atoms with van der Waals surface area (Å²) in [4.78, 5) is 12.5. The summed E-state index contributed by atoms with van der Waals surface area (Å²) in [5.74, 6) is -1.98. The van der Waals surface area contributed by atoms with Crippen molar-refractivity contribution in [3.63, 3.8) is 0 Å². The van der Waals surface area contributed by atoms with E-state index in [1.165, 1.54) is 0 Å². The van der Waals surface area contributed by atoms with Gasteiger partial charge in [-0.25, -0.2) is 13.6 Å². The first-order chi connectivity index (χ1) is 10.6. The molecule has 5 nitrogen and oxygen atoms in total. The molecular formula is C13H15F5N2O3. The van der Waals surface area contributed by atoms with Crippen molar-refractivity contribution in [2.75, 3.05) is 25.0 Å². The number of aliphatic hydroxyl groups excluding tert-OH is 2. The van der Waals surface area contributed by atoms with Crippen LogP contribution in [0.4, 0.5) is 32.4 Å². The molecule has 10 heteroatoms. The second-order valence-electron chi connectivity index (χ2n) is 4.70. The second kappa shape index (κ2) is 8.06. The van der Waals surface area contributed by atoms with Gasteiger partial charge in [0.2, 0.25) is 0 Å². The summed E-state index contributed by atoms with van der Waals surface area (Å²) in [6.07, 6.45) is -7.33. The molecule has 1 atom stereocenters. The highest BCUT2D eigenvalue weighted by molar-refractivity contribution is 5.89. The number of carbonyl (C=O) groups excluding carboxylic acids is 1. The molecule has 1 rings (SSSR count). The van der Waals surface area contributed by atoms with Crippen LogP contribution >= 0.6 is 0 Å². The molecule has 0 heterocycles. The fourth-order valence-electron chi connectivity index (χ4n) is 1.63. The maximum Gasteiger partial charge on any atom is 0.390 e. The molecule has 0 bridgehead atoms. The number of benzene rings is 1. The zero-order valence-electron chi connectivity index (χ0n) is 11.8. The van der Waals surface area contributed by atoms with Crippen molar-refractivity contribution >= 4 is 11.7 Å². The Morgan fingerprint density at radius 1 is 1.30 bits per heavy atom. The monoisotopic (exact) mass is 342 g/mol. The summed E-state index contributed by atoms with van der Waals surface area (Å²) in [6, 6.07) is 1.15. The molecule has 1 aromatic carbocycles. The van der Waals surface area contributed by atoms with Crippen LogP contribution in [0.5, 0.6) is 0 Å². The minimum Gasteiger partial charge on any atom is -0.394 e. The molecule has 0 saturated heterocycles. The molecule has 3 N–H and O–H groups in total. The Balaban J connectivity index is 2.80. The number of amides is 2. The zero-order valence-corrected chi connectivity index (χ0v) is 11.8. The lowest BCUT2D eigenvalue weighted by atomic mass is 10.3. The van der Waals surface area contributed by atoms with Gasteiger partial charge in [-0.3, -0.25) is 0 Å². The van der Waals surface area contributed by atoms with Gasteiger partial charge in [0.1, 0.15) is 11.6 Å². The molecule has 2 amide bonds. The molecule has 0 spiro atoms. The SMILES string of the molecule is O=C(Nc1ccc(F)cc1F)N(CCC(F)(F)F)C[C@H](O)CO. The maximum absolute atomic E-state index is 13.4. The summed E-state index contributed by atoms with van der Waals surface area (Å²) < 4.78 is 63.0. The first kappa shape index (κ1) is 19.1. The highest BCUT2D eigenvalue weighted by Crippen LogP contribution is 2.21. The molecule has 1 aromatic rings. The van der Waals surface area contributed by atoms with E-state index >= 15 is 0 Å². The van der Waals surface area contributed by atoms with E-state index in [0.717, 1.165) is 12.1 Å². The van der Waals surface area contributed by atoms with Crippen molar-refractivity contribution in [3.8, 4) is 0 Å². The van der Waals surface area contributed by atoms with Crippen molar-refractivity contribution in [1.82, 2.24) is 4.90 Å². The average Bonchev–Trinajstić information content (AvgIpc) is 2.44. The molecule has 0 aromatic heterocycles. The van der Waals surface area contributed by atoms with Crippen molar-refractivity contribution in [2.24, 2.45) is 0 Å². The molecule has 0 fully saturated rings. The Kier molecular flexibility index (Phi) is 6.70. The van der Waals surface area contributed by atoms with Gasteiger partial charge in [0.25, 0.3) is 0 Å². The quantitative estimate of drug-likeness (QED) is 0.694. The van der Waals surface area contributed by atoms with Crippen molar-refractivity contribution < 1.29 is 37.0 Å². The number of nitrogens with one attached hydrogen (secondary N) is 1. The number of carbonyl (C=O) groups is 1. The first-order valence-electron chi connectivity index (χ1n) is 6.49.